The van der Waals surface area contributed by atoms with Gasteiger partial charge in [0.1, 0.15) is 0 Å². The third-order valence-corrected chi connectivity index (χ3v) is 6.16. The molecule has 3 heterocycles. The minimum atomic E-state index is 0. The third kappa shape index (κ3) is 6.21. The summed E-state index contributed by atoms with van der Waals surface area (Å²) in [5.74, 6) is 2.62. The van der Waals surface area contributed by atoms with Gasteiger partial charge < -0.3 is 20.0 Å². The maximum Gasteiger partial charge on any atom is 0.225 e. The molecule has 4 rings (SSSR count). The minimum Gasteiger partial charge on any atom is -0.372 e. The fraction of sp³-hybridized carbons (Fsp3) is 0.522. The van der Waals surface area contributed by atoms with E-state index in [2.05, 4.69) is 66.2 Å². The molecule has 0 saturated carbocycles. The second-order valence-corrected chi connectivity index (χ2v) is 8.26. The Kier molecular flexibility index (Phi) is 8.74. The van der Waals surface area contributed by atoms with E-state index in [9.17, 15) is 0 Å². The summed E-state index contributed by atoms with van der Waals surface area (Å²) in [6.07, 6.45) is 6.19. The van der Waals surface area contributed by atoms with Crippen LogP contribution < -0.4 is 15.1 Å². The van der Waals surface area contributed by atoms with Crippen molar-refractivity contribution in [3.8, 4) is 0 Å². The van der Waals surface area contributed by atoms with Crippen LogP contribution in [-0.4, -0.2) is 67.1 Å². The normalized spacial score (nSPS) is 18.0. The molecule has 168 valence electrons. The van der Waals surface area contributed by atoms with Gasteiger partial charge in [0.05, 0.1) is 0 Å². The average Bonchev–Trinajstić information content (AvgIpc) is 2.81. The van der Waals surface area contributed by atoms with Gasteiger partial charge in [-0.05, 0) is 42.5 Å². The minimum absolute atomic E-state index is 0. The van der Waals surface area contributed by atoms with Gasteiger partial charge in [-0.15, -0.1) is 24.0 Å². The lowest BCUT2D eigenvalue weighted by atomic mass is 9.99. The zero-order valence-electron chi connectivity index (χ0n) is 18.6. The number of aromatic nitrogens is 2. The van der Waals surface area contributed by atoms with Crippen LogP contribution in [0, 0.1) is 5.92 Å². The first-order valence-electron chi connectivity index (χ1n) is 11.0. The van der Waals surface area contributed by atoms with Crippen LogP contribution in [-0.2, 0) is 6.54 Å². The van der Waals surface area contributed by atoms with Crippen LogP contribution in [0.3, 0.4) is 0 Å². The fourth-order valence-electron chi connectivity index (χ4n) is 4.18. The Labute approximate surface area is 203 Å². The van der Waals surface area contributed by atoms with Crippen molar-refractivity contribution in [1.82, 2.24) is 20.2 Å². The molecule has 2 fully saturated rings. The molecule has 0 radical (unpaired) electrons. The summed E-state index contributed by atoms with van der Waals surface area (Å²) in [7, 11) is 1.86. The maximum absolute atomic E-state index is 4.50. The Hall–Kier alpha value is -2.10. The zero-order chi connectivity index (χ0) is 20.8. The molecule has 7 nitrogen and oxygen atoms in total. The standard InChI is InChI=1S/C23H33N7.HI/c1-19-8-12-28(13-9-19)21-6-4-20(5-7-21)18-27-22(24-2)29-14-16-30(17-15-29)23-25-10-3-11-26-23;/h3-7,10-11,19H,8-9,12-18H2,1-2H3,(H,24,27);1H. The van der Waals surface area contributed by atoms with Crippen molar-refractivity contribution in [2.75, 3.05) is 56.1 Å². The summed E-state index contributed by atoms with van der Waals surface area (Å²) in [5, 5.41) is 3.53. The average molecular weight is 535 g/mol. The van der Waals surface area contributed by atoms with Gasteiger partial charge in [0.25, 0.3) is 0 Å². The number of nitrogens with one attached hydrogen (secondary N) is 1. The van der Waals surface area contributed by atoms with Crippen LogP contribution in [0.1, 0.15) is 25.3 Å². The van der Waals surface area contributed by atoms with Crippen molar-refractivity contribution < 1.29 is 0 Å². The Morgan fingerprint density at radius 3 is 2.23 bits per heavy atom. The Bertz CT molecular complexity index is 812. The number of piperidine rings is 1. The summed E-state index contributed by atoms with van der Waals surface area (Å²) in [6.45, 7) is 9.09. The predicted molar refractivity (Wildman–Crippen MR) is 138 cm³/mol. The van der Waals surface area contributed by atoms with Crippen LogP contribution in [0.15, 0.2) is 47.7 Å². The third-order valence-electron chi connectivity index (χ3n) is 6.16. The molecule has 0 bridgehead atoms. The van der Waals surface area contributed by atoms with E-state index in [1.165, 1.54) is 37.2 Å². The van der Waals surface area contributed by atoms with Gasteiger partial charge in [-0.2, -0.15) is 0 Å². The molecule has 2 saturated heterocycles. The SMILES string of the molecule is CN=C(NCc1ccc(N2CCC(C)CC2)cc1)N1CCN(c2ncccn2)CC1.I. The topological polar surface area (TPSA) is 59.9 Å². The van der Waals surface area contributed by atoms with Crippen LogP contribution in [0.25, 0.3) is 0 Å². The molecule has 0 aliphatic carbocycles. The van der Waals surface area contributed by atoms with E-state index in [4.69, 9.17) is 0 Å². The molecular formula is C23H34IN7. The van der Waals surface area contributed by atoms with Gasteiger partial charge in [-0.25, -0.2) is 9.97 Å². The number of hydrogen-bond donors (Lipinski definition) is 1. The first-order chi connectivity index (χ1) is 14.7. The zero-order valence-corrected chi connectivity index (χ0v) is 20.9. The summed E-state index contributed by atoms with van der Waals surface area (Å²) in [4.78, 5) is 20.3. The highest BCUT2D eigenvalue weighted by atomic mass is 127. The Morgan fingerprint density at radius 2 is 1.61 bits per heavy atom. The first kappa shape index (κ1) is 23.6. The Balaban J connectivity index is 0.00000272. The summed E-state index contributed by atoms with van der Waals surface area (Å²) < 4.78 is 0. The molecule has 1 aromatic heterocycles. The van der Waals surface area contributed by atoms with E-state index in [1.54, 1.807) is 12.4 Å². The number of aliphatic imine (C=N–C) groups is 1. The van der Waals surface area contributed by atoms with E-state index in [1.807, 2.05) is 13.1 Å². The highest BCUT2D eigenvalue weighted by Crippen LogP contribution is 2.23. The lowest BCUT2D eigenvalue weighted by Crippen LogP contribution is -2.52. The number of rotatable bonds is 4. The van der Waals surface area contributed by atoms with Gasteiger partial charge in [0.2, 0.25) is 5.95 Å². The van der Waals surface area contributed by atoms with E-state index >= 15 is 0 Å². The van der Waals surface area contributed by atoms with Crippen molar-refractivity contribution in [2.24, 2.45) is 10.9 Å². The first-order valence-corrected chi connectivity index (χ1v) is 11.0. The van der Waals surface area contributed by atoms with Crippen LogP contribution in [0.2, 0.25) is 0 Å². The summed E-state index contributed by atoms with van der Waals surface area (Å²) in [5.41, 5.74) is 2.62. The molecule has 1 N–H and O–H groups in total. The molecule has 2 aliphatic heterocycles. The molecule has 31 heavy (non-hydrogen) atoms. The summed E-state index contributed by atoms with van der Waals surface area (Å²) >= 11 is 0. The molecule has 8 heteroatoms. The van der Waals surface area contributed by atoms with E-state index in [0.717, 1.165) is 50.5 Å². The van der Waals surface area contributed by atoms with Crippen molar-refractivity contribution in [3.63, 3.8) is 0 Å². The smallest absolute Gasteiger partial charge is 0.225 e. The quantitative estimate of drug-likeness (QED) is 0.369. The molecule has 2 aliphatic rings. The maximum atomic E-state index is 4.50. The van der Waals surface area contributed by atoms with Crippen molar-refractivity contribution in [3.05, 3.63) is 48.3 Å². The fourth-order valence-corrected chi connectivity index (χ4v) is 4.18. The van der Waals surface area contributed by atoms with Crippen LogP contribution >= 0.6 is 24.0 Å². The predicted octanol–water partition coefficient (Wildman–Crippen LogP) is 3.23. The summed E-state index contributed by atoms with van der Waals surface area (Å²) in [6, 6.07) is 10.8. The van der Waals surface area contributed by atoms with Crippen LogP contribution in [0.5, 0.6) is 0 Å². The van der Waals surface area contributed by atoms with E-state index in [-0.39, 0.29) is 24.0 Å². The number of hydrogen-bond acceptors (Lipinski definition) is 5. The largest absolute Gasteiger partial charge is 0.372 e. The second-order valence-electron chi connectivity index (χ2n) is 8.26. The number of benzene rings is 1. The monoisotopic (exact) mass is 535 g/mol. The molecule has 1 aromatic carbocycles. The number of piperazine rings is 1. The van der Waals surface area contributed by atoms with Crippen LogP contribution in [0.4, 0.5) is 11.6 Å². The van der Waals surface area contributed by atoms with Gasteiger partial charge in [0.15, 0.2) is 5.96 Å². The number of halogens is 1. The number of nitrogens with zero attached hydrogens (tertiary/aromatic N) is 6. The number of guanidine groups is 1. The molecular weight excluding hydrogens is 501 g/mol. The lowest BCUT2D eigenvalue weighted by Gasteiger charge is -2.36. The lowest BCUT2D eigenvalue weighted by molar-refractivity contribution is 0.370. The van der Waals surface area contributed by atoms with Gasteiger partial charge in [0, 0.05) is 70.9 Å². The van der Waals surface area contributed by atoms with Gasteiger partial charge >= 0.3 is 0 Å². The van der Waals surface area contributed by atoms with E-state index < -0.39 is 0 Å². The number of anilines is 2. The molecule has 0 amide bonds. The van der Waals surface area contributed by atoms with Crippen molar-refractivity contribution >= 4 is 41.6 Å². The van der Waals surface area contributed by atoms with Gasteiger partial charge in [-0.3, -0.25) is 4.99 Å². The molecule has 0 atom stereocenters. The van der Waals surface area contributed by atoms with Crippen molar-refractivity contribution in [2.45, 2.75) is 26.3 Å². The highest BCUT2D eigenvalue weighted by Gasteiger charge is 2.21. The molecule has 2 aromatic rings. The highest BCUT2D eigenvalue weighted by molar-refractivity contribution is 14.0. The second kappa shape index (κ2) is 11.5. The Morgan fingerprint density at radius 1 is 0.968 bits per heavy atom. The molecule has 0 spiro atoms. The van der Waals surface area contributed by atoms with Gasteiger partial charge in [-0.1, -0.05) is 19.1 Å². The van der Waals surface area contributed by atoms with E-state index in [0.29, 0.717) is 0 Å². The molecule has 0 unspecified atom stereocenters. The van der Waals surface area contributed by atoms with Crippen molar-refractivity contribution in [1.29, 1.82) is 0 Å².